The lowest BCUT2D eigenvalue weighted by molar-refractivity contribution is 0.0380. The molecule has 0 radical (unpaired) electrons. The van der Waals surface area contributed by atoms with Crippen LogP contribution in [0.1, 0.15) is 23.2 Å². The maximum absolute atomic E-state index is 13.1. The van der Waals surface area contributed by atoms with Gasteiger partial charge < -0.3 is 5.11 Å². The molecular formula is C15H14FNO. The van der Waals surface area contributed by atoms with Crippen LogP contribution < -0.4 is 0 Å². The molecule has 0 saturated heterocycles. The van der Waals surface area contributed by atoms with E-state index in [0.717, 1.165) is 23.2 Å². The number of hydrogen-bond donors (Lipinski definition) is 1. The molecule has 0 amide bonds. The zero-order chi connectivity index (χ0) is 12.6. The molecule has 2 nitrogen and oxygen atoms in total. The molecule has 0 saturated carbocycles. The van der Waals surface area contributed by atoms with Crippen molar-refractivity contribution in [3.8, 4) is 0 Å². The van der Waals surface area contributed by atoms with Crippen molar-refractivity contribution in [1.82, 2.24) is 4.98 Å². The number of nitrogens with zero attached hydrogens (tertiary/aromatic N) is 1. The lowest BCUT2D eigenvalue weighted by atomic mass is 9.90. The van der Waals surface area contributed by atoms with Crippen LogP contribution in [0.2, 0.25) is 0 Å². The first kappa shape index (κ1) is 11.4. The number of benzene rings is 1. The highest BCUT2D eigenvalue weighted by molar-refractivity contribution is 5.38. The summed E-state index contributed by atoms with van der Waals surface area (Å²) in [5.41, 5.74) is 1.71. The van der Waals surface area contributed by atoms with Gasteiger partial charge in [0, 0.05) is 18.3 Å². The first-order valence-electron chi connectivity index (χ1n) is 6.09. The predicted octanol–water partition coefficient (Wildman–Crippen LogP) is 2.60. The Hall–Kier alpha value is -1.74. The third-order valence-corrected chi connectivity index (χ3v) is 3.58. The van der Waals surface area contributed by atoms with Crippen LogP contribution in [0.25, 0.3) is 0 Å². The third-order valence-electron chi connectivity index (χ3n) is 3.58. The Morgan fingerprint density at radius 3 is 2.94 bits per heavy atom. The second-order valence-electron chi connectivity index (χ2n) is 4.83. The number of hydrogen-bond acceptors (Lipinski definition) is 2. The topological polar surface area (TPSA) is 33.1 Å². The molecule has 3 heteroatoms. The van der Waals surface area contributed by atoms with E-state index in [4.69, 9.17) is 0 Å². The normalized spacial score (nSPS) is 21.9. The van der Waals surface area contributed by atoms with Crippen LogP contribution in [-0.2, 0) is 18.4 Å². The molecule has 92 valence electrons. The highest BCUT2D eigenvalue weighted by atomic mass is 19.1. The van der Waals surface area contributed by atoms with E-state index in [9.17, 15) is 9.50 Å². The van der Waals surface area contributed by atoms with E-state index in [1.807, 2.05) is 18.2 Å². The Labute approximate surface area is 105 Å². The van der Waals surface area contributed by atoms with Crippen molar-refractivity contribution in [2.24, 2.45) is 0 Å². The summed E-state index contributed by atoms with van der Waals surface area (Å²) in [6.07, 6.45) is 3.55. The fraction of sp³-hybridized carbons (Fsp3) is 0.267. The van der Waals surface area contributed by atoms with Crippen LogP contribution in [0.15, 0.2) is 42.6 Å². The van der Waals surface area contributed by atoms with Gasteiger partial charge in [0.25, 0.3) is 0 Å². The number of aryl methyl sites for hydroxylation is 1. The van der Waals surface area contributed by atoms with Crippen molar-refractivity contribution in [1.29, 1.82) is 0 Å². The molecule has 1 atom stereocenters. The SMILES string of the molecule is OC1(Cc2ccccn2)CCc2cc(F)ccc21. The van der Waals surface area contributed by atoms with Gasteiger partial charge in [0.2, 0.25) is 0 Å². The number of aliphatic hydroxyl groups is 1. The Balaban J connectivity index is 1.94. The Morgan fingerprint density at radius 2 is 2.17 bits per heavy atom. The Morgan fingerprint density at radius 1 is 1.28 bits per heavy atom. The van der Waals surface area contributed by atoms with Crippen molar-refractivity contribution < 1.29 is 9.50 Å². The monoisotopic (exact) mass is 243 g/mol. The Bertz CT molecular complexity index is 570. The van der Waals surface area contributed by atoms with E-state index in [2.05, 4.69) is 4.98 Å². The molecule has 1 heterocycles. The highest BCUT2D eigenvalue weighted by Crippen LogP contribution is 2.39. The van der Waals surface area contributed by atoms with Crippen molar-refractivity contribution in [3.05, 3.63) is 65.2 Å². The molecule has 0 fully saturated rings. The van der Waals surface area contributed by atoms with Crippen LogP contribution in [-0.4, -0.2) is 10.1 Å². The molecule has 0 aliphatic heterocycles. The molecule has 18 heavy (non-hydrogen) atoms. The van der Waals surface area contributed by atoms with Crippen LogP contribution in [0.5, 0.6) is 0 Å². The largest absolute Gasteiger partial charge is 0.385 e. The van der Waals surface area contributed by atoms with Crippen molar-refractivity contribution in [2.75, 3.05) is 0 Å². The smallest absolute Gasteiger partial charge is 0.123 e. The number of aromatic nitrogens is 1. The predicted molar refractivity (Wildman–Crippen MR) is 66.6 cm³/mol. The zero-order valence-corrected chi connectivity index (χ0v) is 9.94. The fourth-order valence-corrected chi connectivity index (χ4v) is 2.69. The number of halogens is 1. The van der Waals surface area contributed by atoms with E-state index in [1.54, 1.807) is 12.3 Å². The minimum Gasteiger partial charge on any atom is -0.385 e. The molecular weight excluding hydrogens is 229 g/mol. The van der Waals surface area contributed by atoms with Crippen molar-refractivity contribution in [3.63, 3.8) is 0 Å². The van der Waals surface area contributed by atoms with Gasteiger partial charge in [-0.05, 0) is 48.2 Å². The molecule has 2 aromatic rings. The lowest BCUT2D eigenvalue weighted by Crippen LogP contribution is -2.25. The van der Waals surface area contributed by atoms with Crippen molar-refractivity contribution in [2.45, 2.75) is 24.9 Å². The maximum atomic E-state index is 13.1. The van der Waals surface area contributed by atoms with Gasteiger partial charge >= 0.3 is 0 Å². The van der Waals surface area contributed by atoms with Crippen LogP contribution in [0, 0.1) is 5.82 Å². The van der Waals surface area contributed by atoms with Gasteiger partial charge in [-0.25, -0.2) is 4.39 Å². The number of fused-ring (bicyclic) bond motifs is 1. The first-order chi connectivity index (χ1) is 8.67. The standard InChI is InChI=1S/C15H14FNO/c16-12-4-5-14-11(9-12)6-7-15(14,18)10-13-3-1-2-8-17-13/h1-5,8-9,18H,6-7,10H2. The second kappa shape index (κ2) is 4.18. The molecule has 1 N–H and O–H groups in total. The summed E-state index contributed by atoms with van der Waals surface area (Å²) in [6, 6.07) is 10.3. The summed E-state index contributed by atoms with van der Waals surface area (Å²) in [4.78, 5) is 4.24. The molecule has 0 spiro atoms. The minimum atomic E-state index is -0.905. The van der Waals surface area contributed by atoms with Gasteiger partial charge in [0.1, 0.15) is 5.82 Å². The maximum Gasteiger partial charge on any atom is 0.123 e. The van der Waals surface area contributed by atoms with Crippen LogP contribution in [0.4, 0.5) is 4.39 Å². The van der Waals surface area contributed by atoms with Gasteiger partial charge in [0.15, 0.2) is 0 Å². The molecule has 1 aromatic heterocycles. The van der Waals surface area contributed by atoms with E-state index < -0.39 is 5.60 Å². The molecule has 3 rings (SSSR count). The summed E-state index contributed by atoms with van der Waals surface area (Å²) in [6.45, 7) is 0. The quantitative estimate of drug-likeness (QED) is 0.879. The molecule has 0 bridgehead atoms. The van der Waals surface area contributed by atoms with E-state index >= 15 is 0 Å². The first-order valence-corrected chi connectivity index (χ1v) is 6.09. The summed E-state index contributed by atoms with van der Waals surface area (Å²) < 4.78 is 13.1. The molecule has 1 aliphatic carbocycles. The minimum absolute atomic E-state index is 0.240. The van der Waals surface area contributed by atoms with E-state index in [1.165, 1.54) is 12.1 Å². The van der Waals surface area contributed by atoms with Gasteiger partial charge in [-0.15, -0.1) is 0 Å². The number of pyridine rings is 1. The highest BCUT2D eigenvalue weighted by Gasteiger charge is 2.37. The summed E-state index contributed by atoms with van der Waals surface area (Å²) in [7, 11) is 0. The van der Waals surface area contributed by atoms with Crippen LogP contribution in [0.3, 0.4) is 0 Å². The summed E-state index contributed by atoms with van der Waals surface area (Å²) in [5.74, 6) is -0.240. The number of rotatable bonds is 2. The van der Waals surface area contributed by atoms with Gasteiger partial charge in [-0.3, -0.25) is 4.98 Å². The van der Waals surface area contributed by atoms with Gasteiger partial charge in [0.05, 0.1) is 5.60 Å². The van der Waals surface area contributed by atoms with E-state index in [-0.39, 0.29) is 5.82 Å². The average molecular weight is 243 g/mol. The second-order valence-corrected chi connectivity index (χ2v) is 4.83. The Kier molecular flexibility index (Phi) is 2.63. The molecule has 1 unspecified atom stereocenters. The summed E-state index contributed by atoms with van der Waals surface area (Å²) >= 11 is 0. The third kappa shape index (κ3) is 1.91. The zero-order valence-electron chi connectivity index (χ0n) is 9.94. The van der Waals surface area contributed by atoms with Crippen molar-refractivity contribution >= 4 is 0 Å². The van der Waals surface area contributed by atoms with Gasteiger partial charge in [-0.2, -0.15) is 0 Å². The molecule has 1 aromatic carbocycles. The summed E-state index contributed by atoms with van der Waals surface area (Å²) in [5, 5.41) is 10.7. The van der Waals surface area contributed by atoms with Gasteiger partial charge in [-0.1, -0.05) is 12.1 Å². The molecule has 1 aliphatic rings. The van der Waals surface area contributed by atoms with Crippen LogP contribution >= 0.6 is 0 Å². The average Bonchev–Trinajstić information content (AvgIpc) is 2.67. The lowest BCUT2D eigenvalue weighted by Gasteiger charge is -2.23. The fourth-order valence-electron chi connectivity index (χ4n) is 2.69. The van der Waals surface area contributed by atoms with E-state index in [0.29, 0.717) is 12.8 Å².